The van der Waals surface area contributed by atoms with Crippen LogP contribution in [0.15, 0.2) is 42.5 Å². The number of halogens is 1. The Bertz CT molecular complexity index is 867. The third-order valence-electron chi connectivity index (χ3n) is 4.93. The van der Waals surface area contributed by atoms with Crippen molar-refractivity contribution in [2.45, 2.75) is 32.7 Å². The molecule has 29 heavy (non-hydrogen) atoms. The van der Waals surface area contributed by atoms with Gasteiger partial charge < -0.3 is 20.3 Å². The number of ether oxygens (including phenoxy) is 1. The minimum absolute atomic E-state index is 0.0412. The molecule has 0 saturated carbocycles. The van der Waals surface area contributed by atoms with E-state index in [0.29, 0.717) is 28.0 Å². The molecule has 1 aliphatic heterocycles. The molecule has 3 rings (SSSR count). The number of carbonyl (C=O) groups is 1. The van der Waals surface area contributed by atoms with Gasteiger partial charge in [-0.1, -0.05) is 23.7 Å². The largest absolute Gasteiger partial charge is 0.462 e. The second-order valence-electron chi connectivity index (χ2n) is 7.02. The molecular weight excluding hydrogens is 406 g/mol. The number of anilines is 2. The number of esters is 1. The third kappa shape index (κ3) is 5.61. The van der Waals surface area contributed by atoms with Crippen molar-refractivity contribution in [2.75, 3.05) is 29.9 Å². The van der Waals surface area contributed by atoms with Gasteiger partial charge in [0.2, 0.25) is 0 Å². The monoisotopic (exact) mass is 431 g/mol. The van der Waals surface area contributed by atoms with Gasteiger partial charge in [0.15, 0.2) is 5.11 Å². The van der Waals surface area contributed by atoms with Crippen LogP contribution in [-0.2, 0) is 4.74 Å². The SMILES string of the molecule is CCOC(=O)c1cc(NC(=S)N[C@H](C)c2ccc(N3CCCC3)cc2)ccc1Cl. The summed E-state index contributed by atoms with van der Waals surface area (Å²) in [4.78, 5) is 14.4. The zero-order valence-corrected chi connectivity index (χ0v) is 18.3. The van der Waals surface area contributed by atoms with E-state index in [9.17, 15) is 4.79 Å². The molecule has 2 aromatic rings. The molecule has 1 fully saturated rings. The lowest BCUT2D eigenvalue weighted by Gasteiger charge is -2.20. The van der Waals surface area contributed by atoms with Crippen LogP contribution in [0.2, 0.25) is 5.02 Å². The lowest BCUT2D eigenvalue weighted by molar-refractivity contribution is 0.0526. The van der Waals surface area contributed by atoms with Gasteiger partial charge in [-0.2, -0.15) is 0 Å². The van der Waals surface area contributed by atoms with Crippen molar-refractivity contribution in [3.05, 3.63) is 58.6 Å². The second kappa shape index (κ2) is 9.94. The first kappa shape index (κ1) is 21.4. The molecule has 0 bridgehead atoms. The van der Waals surface area contributed by atoms with E-state index in [4.69, 9.17) is 28.6 Å². The molecular formula is C22H26ClN3O2S. The smallest absolute Gasteiger partial charge is 0.339 e. The summed E-state index contributed by atoms with van der Waals surface area (Å²) >= 11 is 11.5. The van der Waals surface area contributed by atoms with Crippen LogP contribution in [0.1, 0.15) is 48.7 Å². The standard InChI is InChI=1S/C22H26ClN3O2S/c1-3-28-21(27)19-14-17(8-11-20(19)23)25-22(29)24-15(2)16-6-9-18(10-7-16)26-12-4-5-13-26/h6-11,14-15H,3-5,12-13H2,1-2H3,(H2,24,25,29)/t15-/m1/s1. The zero-order valence-electron chi connectivity index (χ0n) is 16.7. The highest BCUT2D eigenvalue weighted by Gasteiger charge is 2.15. The van der Waals surface area contributed by atoms with E-state index in [2.05, 4.69) is 46.7 Å². The number of hydrogen-bond donors (Lipinski definition) is 2. The van der Waals surface area contributed by atoms with Gasteiger partial charge in [-0.15, -0.1) is 0 Å². The van der Waals surface area contributed by atoms with Crippen LogP contribution >= 0.6 is 23.8 Å². The summed E-state index contributed by atoms with van der Waals surface area (Å²) in [5.74, 6) is -0.452. The number of hydrogen-bond acceptors (Lipinski definition) is 4. The lowest BCUT2D eigenvalue weighted by Crippen LogP contribution is -2.31. The molecule has 1 aliphatic rings. The Morgan fingerprint density at radius 3 is 2.55 bits per heavy atom. The van der Waals surface area contributed by atoms with Crippen molar-refractivity contribution in [3.63, 3.8) is 0 Å². The van der Waals surface area contributed by atoms with E-state index < -0.39 is 5.97 Å². The normalized spacial score (nSPS) is 14.4. The van der Waals surface area contributed by atoms with Crippen molar-refractivity contribution in [1.29, 1.82) is 0 Å². The minimum Gasteiger partial charge on any atom is -0.462 e. The fraction of sp³-hybridized carbons (Fsp3) is 0.364. The van der Waals surface area contributed by atoms with Gasteiger partial charge in [0.1, 0.15) is 0 Å². The summed E-state index contributed by atoms with van der Waals surface area (Å²) in [6.45, 7) is 6.38. The molecule has 5 nitrogen and oxygen atoms in total. The first-order valence-corrected chi connectivity index (χ1v) is 10.7. The van der Waals surface area contributed by atoms with E-state index in [-0.39, 0.29) is 6.04 Å². The van der Waals surface area contributed by atoms with Crippen LogP contribution in [0, 0.1) is 0 Å². The summed E-state index contributed by atoms with van der Waals surface area (Å²) in [5.41, 5.74) is 3.41. The number of rotatable bonds is 6. The van der Waals surface area contributed by atoms with Gasteiger partial charge in [0.05, 0.1) is 23.2 Å². The van der Waals surface area contributed by atoms with Crippen molar-refractivity contribution < 1.29 is 9.53 Å². The molecule has 1 saturated heterocycles. The van der Waals surface area contributed by atoms with Crippen LogP contribution in [0.4, 0.5) is 11.4 Å². The first-order chi connectivity index (χ1) is 14.0. The van der Waals surface area contributed by atoms with Crippen molar-refractivity contribution >= 4 is 46.3 Å². The van der Waals surface area contributed by atoms with Gasteiger partial charge in [-0.05, 0) is 74.8 Å². The molecule has 154 valence electrons. The van der Waals surface area contributed by atoms with Gasteiger partial charge in [-0.25, -0.2) is 4.79 Å². The number of nitrogens with one attached hydrogen (secondary N) is 2. The van der Waals surface area contributed by atoms with E-state index >= 15 is 0 Å². The quantitative estimate of drug-likeness (QED) is 0.486. The molecule has 1 heterocycles. The highest BCUT2D eigenvalue weighted by atomic mass is 35.5. The van der Waals surface area contributed by atoms with Gasteiger partial charge in [0.25, 0.3) is 0 Å². The molecule has 1 atom stereocenters. The van der Waals surface area contributed by atoms with E-state index in [0.717, 1.165) is 18.7 Å². The maximum absolute atomic E-state index is 12.0. The number of nitrogens with zero attached hydrogens (tertiary/aromatic N) is 1. The van der Waals surface area contributed by atoms with Crippen molar-refractivity contribution in [2.24, 2.45) is 0 Å². The molecule has 0 radical (unpaired) electrons. The first-order valence-electron chi connectivity index (χ1n) is 9.87. The van der Waals surface area contributed by atoms with Crippen LogP contribution in [0.5, 0.6) is 0 Å². The summed E-state index contributed by atoms with van der Waals surface area (Å²) in [7, 11) is 0. The van der Waals surface area contributed by atoms with E-state index in [1.165, 1.54) is 18.5 Å². The topological polar surface area (TPSA) is 53.6 Å². The van der Waals surface area contributed by atoms with Crippen molar-refractivity contribution in [3.8, 4) is 0 Å². The summed E-state index contributed by atoms with van der Waals surface area (Å²) in [5, 5.41) is 7.21. The summed E-state index contributed by atoms with van der Waals surface area (Å²) < 4.78 is 5.03. The Balaban J connectivity index is 1.60. The molecule has 0 aliphatic carbocycles. The molecule has 0 unspecified atom stereocenters. The minimum atomic E-state index is -0.452. The molecule has 7 heteroatoms. The van der Waals surface area contributed by atoms with E-state index in [1.54, 1.807) is 25.1 Å². The third-order valence-corrected chi connectivity index (χ3v) is 5.48. The van der Waals surface area contributed by atoms with Crippen molar-refractivity contribution in [1.82, 2.24) is 5.32 Å². The lowest BCUT2D eigenvalue weighted by atomic mass is 10.1. The number of benzene rings is 2. The highest BCUT2D eigenvalue weighted by Crippen LogP contribution is 2.24. The molecule has 0 spiro atoms. The number of carbonyl (C=O) groups excluding carboxylic acids is 1. The van der Waals surface area contributed by atoms with Crippen LogP contribution in [0.3, 0.4) is 0 Å². The van der Waals surface area contributed by atoms with E-state index in [1.807, 2.05) is 0 Å². The average Bonchev–Trinajstić information content (AvgIpc) is 3.24. The zero-order chi connectivity index (χ0) is 20.8. The summed E-state index contributed by atoms with van der Waals surface area (Å²) in [6, 6.07) is 13.7. The molecule has 0 aromatic heterocycles. The fourth-order valence-corrected chi connectivity index (χ4v) is 3.85. The predicted molar refractivity (Wildman–Crippen MR) is 123 cm³/mol. The maximum Gasteiger partial charge on any atom is 0.339 e. The summed E-state index contributed by atoms with van der Waals surface area (Å²) in [6.07, 6.45) is 2.53. The Hall–Kier alpha value is -2.31. The Morgan fingerprint density at radius 1 is 1.21 bits per heavy atom. The Kier molecular flexibility index (Phi) is 7.34. The van der Waals surface area contributed by atoms with Crippen LogP contribution in [-0.4, -0.2) is 30.8 Å². The molecule has 2 N–H and O–H groups in total. The fourth-order valence-electron chi connectivity index (χ4n) is 3.36. The Morgan fingerprint density at radius 2 is 1.90 bits per heavy atom. The second-order valence-corrected chi connectivity index (χ2v) is 7.84. The van der Waals surface area contributed by atoms with Gasteiger partial charge in [0, 0.05) is 24.5 Å². The average molecular weight is 432 g/mol. The van der Waals surface area contributed by atoms with Gasteiger partial charge in [-0.3, -0.25) is 0 Å². The van der Waals surface area contributed by atoms with Crippen LogP contribution < -0.4 is 15.5 Å². The number of thiocarbonyl (C=S) groups is 1. The highest BCUT2D eigenvalue weighted by molar-refractivity contribution is 7.80. The van der Waals surface area contributed by atoms with Crippen LogP contribution in [0.25, 0.3) is 0 Å². The van der Waals surface area contributed by atoms with Gasteiger partial charge >= 0.3 is 5.97 Å². The maximum atomic E-state index is 12.0. The molecule has 2 aromatic carbocycles. The molecule has 0 amide bonds. The predicted octanol–water partition coefficient (Wildman–Crippen LogP) is 5.16. The Labute approximate surface area is 182 Å².